The highest BCUT2D eigenvalue weighted by molar-refractivity contribution is 6.39. The molecular weight excluding hydrogens is 301 g/mol. The van der Waals surface area contributed by atoms with Gasteiger partial charge in [-0.15, -0.1) is 0 Å². The van der Waals surface area contributed by atoms with Gasteiger partial charge in [0.1, 0.15) is 5.76 Å². The minimum absolute atomic E-state index is 0.0415. The second kappa shape index (κ2) is 6.33. The first kappa shape index (κ1) is 15.6. The van der Waals surface area contributed by atoms with Crippen molar-refractivity contribution in [3.63, 3.8) is 0 Å². The molecule has 0 atom stereocenters. The molecule has 2 N–H and O–H groups in total. The van der Waals surface area contributed by atoms with Crippen molar-refractivity contribution in [3.05, 3.63) is 54.0 Å². The number of alkyl halides is 3. The van der Waals surface area contributed by atoms with E-state index in [-0.39, 0.29) is 6.54 Å². The van der Waals surface area contributed by atoms with E-state index in [2.05, 4.69) is 5.32 Å². The first-order valence-corrected chi connectivity index (χ1v) is 6.15. The van der Waals surface area contributed by atoms with Gasteiger partial charge in [-0.05, 0) is 24.3 Å². The number of carbonyl (C=O) groups excluding carboxylic acids is 2. The van der Waals surface area contributed by atoms with Crippen LogP contribution in [0.4, 0.5) is 18.9 Å². The summed E-state index contributed by atoms with van der Waals surface area (Å²) in [7, 11) is 0. The minimum Gasteiger partial charge on any atom is -0.467 e. The standard InChI is InChI=1S/C14H11F3N2O3/c15-14(16,17)10-5-1-2-6-11(10)19-13(21)12(20)18-8-9-4-3-7-22-9/h1-7H,8H2,(H,18,20)(H,19,21). The van der Waals surface area contributed by atoms with Crippen molar-refractivity contribution in [2.75, 3.05) is 5.32 Å². The van der Waals surface area contributed by atoms with Crippen LogP contribution in [0.25, 0.3) is 0 Å². The van der Waals surface area contributed by atoms with Gasteiger partial charge < -0.3 is 15.1 Å². The summed E-state index contributed by atoms with van der Waals surface area (Å²) in [6.07, 6.45) is -3.24. The average molecular weight is 312 g/mol. The Morgan fingerprint density at radius 1 is 1.05 bits per heavy atom. The van der Waals surface area contributed by atoms with Crippen LogP contribution in [0.2, 0.25) is 0 Å². The maximum atomic E-state index is 12.8. The molecule has 8 heteroatoms. The van der Waals surface area contributed by atoms with Crippen molar-refractivity contribution in [3.8, 4) is 0 Å². The van der Waals surface area contributed by atoms with E-state index in [1.54, 1.807) is 12.1 Å². The highest BCUT2D eigenvalue weighted by Crippen LogP contribution is 2.34. The molecule has 2 amide bonds. The van der Waals surface area contributed by atoms with Crippen molar-refractivity contribution in [1.29, 1.82) is 0 Å². The summed E-state index contributed by atoms with van der Waals surface area (Å²) in [4.78, 5) is 23.2. The van der Waals surface area contributed by atoms with Crippen LogP contribution >= 0.6 is 0 Å². The van der Waals surface area contributed by atoms with Crippen LogP contribution in [-0.4, -0.2) is 11.8 Å². The number of amides is 2. The molecule has 0 aliphatic rings. The molecule has 22 heavy (non-hydrogen) atoms. The quantitative estimate of drug-likeness (QED) is 0.856. The second-order valence-corrected chi connectivity index (χ2v) is 4.26. The Morgan fingerprint density at radius 3 is 2.41 bits per heavy atom. The summed E-state index contributed by atoms with van der Waals surface area (Å²) < 4.78 is 43.3. The number of nitrogens with one attached hydrogen (secondary N) is 2. The predicted molar refractivity (Wildman–Crippen MR) is 70.6 cm³/mol. The van der Waals surface area contributed by atoms with Crippen LogP contribution in [0, 0.1) is 0 Å². The Kier molecular flexibility index (Phi) is 4.50. The van der Waals surface area contributed by atoms with Crippen LogP contribution in [-0.2, 0) is 22.3 Å². The molecule has 0 radical (unpaired) electrons. The number of hydrogen-bond donors (Lipinski definition) is 2. The zero-order valence-electron chi connectivity index (χ0n) is 11.1. The van der Waals surface area contributed by atoms with Crippen molar-refractivity contribution in [1.82, 2.24) is 5.32 Å². The predicted octanol–water partition coefficient (Wildman–Crippen LogP) is 2.55. The fourth-order valence-corrected chi connectivity index (χ4v) is 1.68. The van der Waals surface area contributed by atoms with E-state index >= 15 is 0 Å². The molecule has 1 aromatic heterocycles. The van der Waals surface area contributed by atoms with Gasteiger partial charge in [0.2, 0.25) is 0 Å². The summed E-state index contributed by atoms with van der Waals surface area (Å²) in [5.41, 5.74) is -1.50. The molecule has 0 unspecified atom stereocenters. The molecule has 116 valence electrons. The minimum atomic E-state index is -4.63. The molecule has 2 aromatic rings. The van der Waals surface area contributed by atoms with Gasteiger partial charge in [-0.3, -0.25) is 9.59 Å². The third-order valence-electron chi connectivity index (χ3n) is 2.69. The summed E-state index contributed by atoms with van der Waals surface area (Å²) in [5.74, 6) is -1.84. The zero-order valence-corrected chi connectivity index (χ0v) is 11.1. The summed E-state index contributed by atoms with van der Waals surface area (Å²) in [6, 6.07) is 7.58. The summed E-state index contributed by atoms with van der Waals surface area (Å²) >= 11 is 0. The van der Waals surface area contributed by atoms with Gasteiger partial charge in [0, 0.05) is 0 Å². The number of para-hydroxylation sites is 1. The highest BCUT2D eigenvalue weighted by Gasteiger charge is 2.34. The van der Waals surface area contributed by atoms with Gasteiger partial charge in [-0.2, -0.15) is 13.2 Å². The van der Waals surface area contributed by atoms with Gasteiger partial charge in [0.05, 0.1) is 24.1 Å². The zero-order chi connectivity index (χ0) is 16.2. The third-order valence-corrected chi connectivity index (χ3v) is 2.69. The molecule has 0 fully saturated rings. The van der Waals surface area contributed by atoms with Crippen LogP contribution < -0.4 is 10.6 Å². The van der Waals surface area contributed by atoms with Gasteiger partial charge in [0.15, 0.2) is 0 Å². The molecule has 0 bridgehead atoms. The van der Waals surface area contributed by atoms with Crippen LogP contribution in [0.1, 0.15) is 11.3 Å². The lowest BCUT2D eigenvalue weighted by Gasteiger charge is -2.13. The van der Waals surface area contributed by atoms with Crippen molar-refractivity contribution < 1.29 is 27.2 Å². The molecule has 0 aliphatic carbocycles. The molecule has 1 heterocycles. The molecule has 1 aromatic carbocycles. The third kappa shape index (κ3) is 3.87. The number of carbonyl (C=O) groups is 2. The van der Waals surface area contributed by atoms with E-state index in [0.717, 1.165) is 12.1 Å². The summed E-state index contributed by atoms with van der Waals surface area (Å²) in [5, 5.41) is 4.18. The molecule has 0 aliphatic heterocycles. The van der Waals surface area contributed by atoms with Crippen molar-refractivity contribution >= 4 is 17.5 Å². The van der Waals surface area contributed by atoms with E-state index in [1.165, 1.54) is 18.4 Å². The van der Waals surface area contributed by atoms with Gasteiger partial charge in [0.25, 0.3) is 0 Å². The largest absolute Gasteiger partial charge is 0.467 e. The Balaban J connectivity index is 2.01. The Morgan fingerprint density at radius 2 is 1.77 bits per heavy atom. The maximum Gasteiger partial charge on any atom is 0.418 e. The lowest BCUT2D eigenvalue weighted by molar-refractivity contribution is -0.138. The van der Waals surface area contributed by atoms with E-state index in [0.29, 0.717) is 5.76 Å². The van der Waals surface area contributed by atoms with E-state index in [4.69, 9.17) is 4.42 Å². The van der Waals surface area contributed by atoms with E-state index in [1.807, 2.05) is 5.32 Å². The molecular formula is C14H11F3N2O3. The first-order valence-electron chi connectivity index (χ1n) is 6.15. The van der Waals surface area contributed by atoms with Crippen LogP contribution in [0.5, 0.6) is 0 Å². The van der Waals surface area contributed by atoms with Crippen LogP contribution in [0.3, 0.4) is 0 Å². The Labute approximate surface area is 123 Å². The van der Waals surface area contributed by atoms with Crippen LogP contribution in [0.15, 0.2) is 47.1 Å². The van der Waals surface area contributed by atoms with E-state index in [9.17, 15) is 22.8 Å². The first-order chi connectivity index (χ1) is 10.4. The fraction of sp³-hybridized carbons (Fsp3) is 0.143. The number of furan rings is 1. The molecule has 0 spiro atoms. The SMILES string of the molecule is O=C(NCc1ccco1)C(=O)Nc1ccccc1C(F)(F)F. The molecule has 0 saturated carbocycles. The lowest BCUT2D eigenvalue weighted by Crippen LogP contribution is -2.35. The fourth-order valence-electron chi connectivity index (χ4n) is 1.68. The van der Waals surface area contributed by atoms with Gasteiger partial charge in [-0.25, -0.2) is 0 Å². The second-order valence-electron chi connectivity index (χ2n) is 4.26. The number of rotatable bonds is 3. The molecule has 5 nitrogen and oxygen atoms in total. The average Bonchev–Trinajstić information content (AvgIpc) is 2.97. The number of halogens is 3. The smallest absolute Gasteiger partial charge is 0.418 e. The van der Waals surface area contributed by atoms with Crippen molar-refractivity contribution in [2.45, 2.75) is 12.7 Å². The Hall–Kier alpha value is -2.77. The highest BCUT2D eigenvalue weighted by atomic mass is 19.4. The molecule has 2 rings (SSSR count). The topological polar surface area (TPSA) is 71.3 Å². The van der Waals surface area contributed by atoms with E-state index < -0.39 is 29.2 Å². The number of benzene rings is 1. The summed E-state index contributed by atoms with van der Waals surface area (Å²) in [6.45, 7) is -0.0415. The van der Waals surface area contributed by atoms with Gasteiger partial charge in [-0.1, -0.05) is 12.1 Å². The maximum absolute atomic E-state index is 12.8. The Bertz CT molecular complexity index is 666. The monoisotopic (exact) mass is 312 g/mol. The number of anilines is 1. The van der Waals surface area contributed by atoms with Gasteiger partial charge >= 0.3 is 18.0 Å². The normalized spacial score (nSPS) is 11.0. The lowest BCUT2D eigenvalue weighted by atomic mass is 10.1. The van der Waals surface area contributed by atoms with Crippen molar-refractivity contribution in [2.24, 2.45) is 0 Å². The molecule has 0 saturated heterocycles. The number of hydrogen-bond acceptors (Lipinski definition) is 3.